The van der Waals surface area contributed by atoms with E-state index in [0.29, 0.717) is 17.3 Å². The maximum Gasteiger partial charge on any atom is 0.333 e. The Hall–Kier alpha value is -2.64. The third-order valence-corrected chi connectivity index (χ3v) is 7.59. The van der Waals surface area contributed by atoms with Gasteiger partial charge in [-0.1, -0.05) is 24.3 Å². The van der Waals surface area contributed by atoms with Crippen molar-refractivity contribution in [3.63, 3.8) is 0 Å². The molecule has 0 saturated heterocycles. The predicted molar refractivity (Wildman–Crippen MR) is 122 cm³/mol. The van der Waals surface area contributed by atoms with Crippen molar-refractivity contribution in [2.24, 2.45) is 16.0 Å². The molecule has 1 heterocycles. The summed E-state index contributed by atoms with van der Waals surface area (Å²) in [7, 11) is -2.51. The Labute approximate surface area is 191 Å². The van der Waals surface area contributed by atoms with Gasteiger partial charge in [-0.2, -0.15) is 8.42 Å². The van der Waals surface area contributed by atoms with E-state index in [2.05, 4.69) is 39.1 Å². The molecule has 0 radical (unpaired) electrons. The molecule has 12 heteroatoms. The first-order chi connectivity index (χ1) is 15.6. The zero-order valence-electron chi connectivity index (χ0n) is 18.0. The number of aliphatic hydroxyl groups is 2. The largest absolute Gasteiger partial charge is 0.388 e. The first kappa shape index (κ1) is 22.2. The summed E-state index contributed by atoms with van der Waals surface area (Å²) in [6.07, 6.45) is 1.26. The lowest BCUT2D eigenvalue weighted by Gasteiger charge is -2.33. The SMILES string of the molecule is C=Nc1c(N[C@H]2CCc3ccccc32)ncnc1N(C)[C@@H]1C[C@@H]2C(OS(N)(=O)=O)[C@]2(O)[C@H]1O. The van der Waals surface area contributed by atoms with Gasteiger partial charge in [-0.15, -0.1) is 0 Å². The topological polar surface area (TPSA) is 163 Å². The minimum Gasteiger partial charge on any atom is -0.388 e. The summed E-state index contributed by atoms with van der Waals surface area (Å²) in [6, 6.07) is 7.78. The number of aromatic nitrogens is 2. The Bertz CT molecular complexity index is 1210. The molecule has 0 bridgehead atoms. The number of benzene rings is 1. The fourth-order valence-electron chi connectivity index (χ4n) is 5.40. The van der Waals surface area contributed by atoms with E-state index in [1.807, 2.05) is 12.1 Å². The fraction of sp³-hybridized carbons (Fsp3) is 0.476. The van der Waals surface area contributed by atoms with E-state index in [1.54, 1.807) is 11.9 Å². The minimum atomic E-state index is -4.24. The van der Waals surface area contributed by atoms with Gasteiger partial charge in [0, 0.05) is 13.0 Å². The molecule has 5 N–H and O–H groups in total. The first-order valence-corrected chi connectivity index (χ1v) is 12.1. The molecule has 3 aliphatic rings. The van der Waals surface area contributed by atoms with Crippen LogP contribution in [0.3, 0.4) is 0 Å². The molecule has 1 aromatic heterocycles. The van der Waals surface area contributed by atoms with Crippen molar-refractivity contribution < 1.29 is 22.8 Å². The molecule has 5 rings (SSSR count). The third-order valence-electron chi connectivity index (χ3n) is 7.11. The lowest BCUT2D eigenvalue weighted by atomic mass is 10.1. The van der Waals surface area contributed by atoms with E-state index in [9.17, 15) is 18.6 Å². The summed E-state index contributed by atoms with van der Waals surface area (Å²) in [5, 5.41) is 30.0. The Morgan fingerprint density at radius 1 is 1.36 bits per heavy atom. The van der Waals surface area contributed by atoms with Crippen molar-refractivity contribution in [3.05, 3.63) is 41.7 Å². The molecule has 33 heavy (non-hydrogen) atoms. The lowest BCUT2D eigenvalue weighted by Crippen LogP contribution is -2.47. The maximum atomic E-state index is 11.2. The van der Waals surface area contributed by atoms with Crippen LogP contribution in [-0.4, -0.2) is 66.2 Å². The molecule has 6 atom stereocenters. The molecular weight excluding hydrogens is 448 g/mol. The molecule has 176 valence electrons. The molecule has 1 unspecified atom stereocenters. The van der Waals surface area contributed by atoms with Crippen LogP contribution in [0, 0.1) is 5.92 Å². The van der Waals surface area contributed by atoms with Crippen molar-refractivity contribution in [3.8, 4) is 0 Å². The number of likely N-dealkylation sites (N-methyl/N-ethyl adjacent to an activating group) is 1. The van der Waals surface area contributed by atoms with Gasteiger partial charge < -0.3 is 20.4 Å². The van der Waals surface area contributed by atoms with Crippen LogP contribution in [-0.2, 0) is 20.9 Å². The van der Waals surface area contributed by atoms with E-state index in [1.165, 1.54) is 17.5 Å². The van der Waals surface area contributed by atoms with Crippen LogP contribution in [0.5, 0.6) is 0 Å². The summed E-state index contributed by atoms with van der Waals surface area (Å²) in [5.74, 6) is 0.398. The standard InChI is InChI=1S/C21H26N6O5S/c1-23-16-19(26-14-8-7-11-5-3-4-6-12(11)14)24-10-25-20(16)27(2)15-9-13-18(32-33(22,30)31)21(13,29)17(15)28/h3-6,10,13-15,17-18,28-29H,1,7-9H2,2H3,(H2,22,30,31)(H,24,25,26)/t13-,14+,15-,17+,18?,21-/m1/s1. The quantitative estimate of drug-likeness (QED) is 0.417. The molecule has 1 aromatic carbocycles. The Balaban J connectivity index is 1.37. The molecular formula is C21H26N6O5S. The number of aliphatic hydroxyl groups excluding tert-OH is 1. The van der Waals surface area contributed by atoms with Crippen molar-refractivity contribution in [1.82, 2.24) is 9.97 Å². The second-order valence-electron chi connectivity index (χ2n) is 8.85. The lowest BCUT2D eigenvalue weighted by molar-refractivity contribution is -0.0237. The van der Waals surface area contributed by atoms with E-state index < -0.39 is 40.1 Å². The van der Waals surface area contributed by atoms with Crippen LogP contribution in [0.15, 0.2) is 35.6 Å². The smallest absolute Gasteiger partial charge is 0.333 e. The molecule has 3 aliphatic carbocycles. The number of nitrogens with two attached hydrogens (primary N) is 1. The summed E-state index contributed by atoms with van der Waals surface area (Å²) in [4.78, 5) is 14.6. The number of hydrogen-bond acceptors (Lipinski definition) is 10. The highest BCUT2D eigenvalue weighted by atomic mass is 32.2. The van der Waals surface area contributed by atoms with Gasteiger partial charge in [-0.25, -0.2) is 15.1 Å². The fourth-order valence-corrected chi connectivity index (χ4v) is 5.97. The molecule has 0 aliphatic heterocycles. The molecule has 0 amide bonds. The van der Waals surface area contributed by atoms with Gasteiger partial charge in [-0.3, -0.25) is 9.18 Å². The maximum absolute atomic E-state index is 11.2. The van der Waals surface area contributed by atoms with E-state index >= 15 is 0 Å². The van der Waals surface area contributed by atoms with E-state index in [0.717, 1.165) is 12.8 Å². The number of aliphatic imine (C=N–C) groups is 1. The highest BCUT2D eigenvalue weighted by Crippen LogP contribution is 2.59. The Morgan fingerprint density at radius 3 is 2.79 bits per heavy atom. The first-order valence-electron chi connectivity index (χ1n) is 10.7. The average molecular weight is 475 g/mol. The normalized spacial score (nSPS) is 32.2. The van der Waals surface area contributed by atoms with Crippen LogP contribution < -0.4 is 15.4 Å². The molecule has 0 spiro atoms. The van der Waals surface area contributed by atoms with Gasteiger partial charge in [0.05, 0.1) is 12.1 Å². The molecule has 2 fully saturated rings. The van der Waals surface area contributed by atoms with Crippen molar-refractivity contribution in [2.45, 2.75) is 49.2 Å². The van der Waals surface area contributed by atoms with Crippen LogP contribution in [0.1, 0.15) is 30.0 Å². The highest BCUT2D eigenvalue weighted by Gasteiger charge is 2.77. The summed E-state index contributed by atoms with van der Waals surface area (Å²) in [5.41, 5.74) is 1.26. The van der Waals surface area contributed by atoms with Gasteiger partial charge in [0.1, 0.15) is 29.8 Å². The van der Waals surface area contributed by atoms with Crippen molar-refractivity contribution >= 4 is 34.3 Å². The molecule has 2 saturated carbocycles. The second kappa shape index (κ2) is 7.71. The summed E-state index contributed by atoms with van der Waals surface area (Å²) < 4.78 is 27.2. The van der Waals surface area contributed by atoms with Crippen molar-refractivity contribution in [1.29, 1.82) is 0 Å². The second-order valence-corrected chi connectivity index (χ2v) is 10.0. The highest BCUT2D eigenvalue weighted by molar-refractivity contribution is 7.84. The number of nitrogens with one attached hydrogen (secondary N) is 1. The van der Waals surface area contributed by atoms with Crippen LogP contribution >= 0.6 is 0 Å². The zero-order chi connectivity index (χ0) is 23.5. The Kier molecular flexibility index (Phi) is 5.18. The van der Waals surface area contributed by atoms with Crippen LogP contribution in [0.4, 0.5) is 17.3 Å². The average Bonchev–Trinajstić information content (AvgIpc) is 3.05. The number of nitrogens with zero attached hydrogens (tertiary/aromatic N) is 4. The van der Waals surface area contributed by atoms with E-state index in [4.69, 9.17) is 9.32 Å². The van der Waals surface area contributed by atoms with Gasteiger partial charge >= 0.3 is 10.3 Å². The predicted octanol–water partition coefficient (Wildman–Crippen LogP) is 0.427. The number of anilines is 2. The number of rotatable bonds is 7. The van der Waals surface area contributed by atoms with Crippen molar-refractivity contribution in [2.75, 3.05) is 17.3 Å². The van der Waals surface area contributed by atoms with Gasteiger partial charge in [0.2, 0.25) is 0 Å². The van der Waals surface area contributed by atoms with Crippen LogP contribution in [0.25, 0.3) is 0 Å². The molecule has 2 aromatic rings. The number of hydrogen-bond donors (Lipinski definition) is 4. The van der Waals surface area contributed by atoms with Gasteiger partial charge in [0.15, 0.2) is 11.6 Å². The Morgan fingerprint density at radius 2 is 2.12 bits per heavy atom. The van der Waals surface area contributed by atoms with E-state index in [-0.39, 0.29) is 12.5 Å². The van der Waals surface area contributed by atoms with Gasteiger partial charge in [-0.05, 0) is 37.1 Å². The number of fused-ring (bicyclic) bond motifs is 2. The minimum absolute atomic E-state index is 0.0799. The zero-order valence-corrected chi connectivity index (χ0v) is 18.8. The monoisotopic (exact) mass is 474 g/mol. The number of aryl methyl sites for hydroxylation is 1. The summed E-state index contributed by atoms with van der Waals surface area (Å²) in [6.45, 7) is 3.68. The van der Waals surface area contributed by atoms with Crippen LogP contribution in [0.2, 0.25) is 0 Å². The third kappa shape index (κ3) is 3.58. The summed E-state index contributed by atoms with van der Waals surface area (Å²) >= 11 is 0. The molecule has 11 nitrogen and oxygen atoms in total. The van der Waals surface area contributed by atoms with Gasteiger partial charge in [0.25, 0.3) is 0 Å².